The maximum atomic E-state index is 12.0. The van der Waals surface area contributed by atoms with Crippen LogP contribution in [0.5, 0.6) is 0 Å². The van der Waals surface area contributed by atoms with Crippen LogP contribution in [0.3, 0.4) is 0 Å². The average molecular weight is 270 g/mol. The molecule has 0 aromatic carbocycles. The summed E-state index contributed by atoms with van der Waals surface area (Å²) in [5.41, 5.74) is 0.125. The van der Waals surface area contributed by atoms with E-state index in [2.05, 4.69) is 20.4 Å². The van der Waals surface area contributed by atoms with Crippen molar-refractivity contribution in [1.82, 2.24) is 24.1 Å². The molecule has 0 atom stereocenters. The molecule has 20 heavy (non-hydrogen) atoms. The maximum Gasteiger partial charge on any atom is 0.350 e. The molecule has 0 saturated carbocycles. The topological polar surface area (TPSA) is 94.2 Å². The SMILES string of the molecule is O=C(Cn1nc2ccccn2c1=O)Nc1cnccn1. The predicted octanol–water partition coefficient (Wildman–Crippen LogP) is -0.0753. The lowest BCUT2D eigenvalue weighted by atomic mass is 10.5. The number of anilines is 1. The lowest BCUT2D eigenvalue weighted by Gasteiger charge is -2.02. The number of nitrogens with zero attached hydrogens (tertiary/aromatic N) is 5. The lowest BCUT2D eigenvalue weighted by molar-refractivity contribution is -0.117. The van der Waals surface area contributed by atoms with Gasteiger partial charge in [0.2, 0.25) is 5.91 Å². The van der Waals surface area contributed by atoms with Crippen molar-refractivity contribution in [2.24, 2.45) is 0 Å². The highest BCUT2D eigenvalue weighted by Crippen LogP contribution is 1.98. The van der Waals surface area contributed by atoms with Gasteiger partial charge in [-0.05, 0) is 12.1 Å². The fraction of sp³-hybridized carbons (Fsp3) is 0.0833. The molecule has 1 amide bonds. The van der Waals surface area contributed by atoms with Gasteiger partial charge in [0.25, 0.3) is 0 Å². The third kappa shape index (κ3) is 2.26. The summed E-state index contributed by atoms with van der Waals surface area (Å²) >= 11 is 0. The second kappa shape index (κ2) is 4.92. The number of nitrogens with one attached hydrogen (secondary N) is 1. The van der Waals surface area contributed by atoms with Gasteiger partial charge in [-0.1, -0.05) is 6.07 Å². The van der Waals surface area contributed by atoms with Gasteiger partial charge in [-0.15, -0.1) is 5.10 Å². The van der Waals surface area contributed by atoms with E-state index in [9.17, 15) is 9.59 Å². The Kier molecular flexibility index (Phi) is 2.96. The number of pyridine rings is 1. The van der Waals surface area contributed by atoms with Gasteiger partial charge in [0.1, 0.15) is 6.54 Å². The zero-order chi connectivity index (χ0) is 13.9. The Balaban J connectivity index is 1.81. The lowest BCUT2D eigenvalue weighted by Crippen LogP contribution is -2.28. The van der Waals surface area contributed by atoms with Gasteiger partial charge in [0, 0.05) is 18.6 Å². The van der Waals surface area contributed by atoms with Crippen LogP contribution in [0.1, 0.15) is 0 Å². The van der Waals surface area contributed by atoms with Gasteiger partial charge >= 0.3 is 5.69 Å². The van der Waals surface area contributed by atoms with Crippen LogP contribution in [0.4, 0.5) is 5.82 Å². The molecule has 0 aliphatic rings. The summed E-state index contributed by atoms with van der Waals surface area (Å²) in [6, 6.07) is 5.18. The van der Waals surface area contributed by atoms with Gasteiger partial charge < -0.3 is 5.32 Å². The minimum atomic E-state index is -0.393. The highest BCUT2D eigenvalue weighted by molar-refractivity contribution is 5.89. The molecular formula is C12H10N6O2. The summed E-state index contributed by atoms with van der Waals surface area (Å²) in [6.07, 6.45) is 5.99. The van der Waals surface area contributed by atoms with E-state index in [4.69, 9.17) is 0 Å². The Morgan fingerprint density at radius 1 is 1.30 bits per heavy atom. The van der Waals surface area contributed by atoms with Crippen LogP contribution in [0.2, 0.25) is 0 Å². The van der Waals surface area contributed by atoms with E-state index in [1.807, 2.05) is 0 Å². The quantitative estimate of drug-likeness (QED) is 0.718. The summed E-state index contributed by atoms with van der Waals surface area (Å²) in [4.78, 5) is 31.5. The summed E-state index contributed by atoms with van der Waals surface area (Å²) < 4.78 is 2.47. The fourth-order valence-electron chi connectivity index (χ4n) is 1.75. The fourth-order valence-corrected chi connectivity index (χ4v) is 1.75. The first-order chi connectivity index (χ1) is 9.74. The highest BCUT2D eigenvalue weighted by atomic mass is 16.2. The number of amides is 1. The summed E-state index contributed by atoms with van der Waals surface area (Å²) in [5, 5.41) is 6.60. The zero-order valence-corrected chi connectivity index (χ0v) is 10.3. The van der Waals surface area contributed by atoms with E-state index < -0.39 is 5.91 Å². The number of fused-ring (bicyclic) bond motifs is 1. The molecule has 1 N–H and O–H groups in total. The van der Waals surface area contributed by atoms with Gasteiger partial charge in [0.05, 0.1) is 6.20 Å². The van der Waals surface area contributed by atoms with E-state index >= 15 is 0 Å². The predicted molar refractivity (Wildman–Crippen MR) is 70.1 cm³/mol. The van der Waals surface area contributed by atoms with E-state index in [0.29, 0.717) is 11.5 Å². The minimum Gasteiger partial charge on any atom is -0.308 e. The molecule has 0 aliphatic carbocycles. The minimum absolute atomic E-state index is 0.183. The molecule has 0 fully saturated rings. The van der Waals surface area contributed by atoms with Crippen LogP contribution in [-0.2, 0) is 11.3 Å². The van der Waals surface area contributed by atoms with E-state index in [1.165, 1.54) is 23.0 Å². The Morgan fingerprint density at radius 3 is 2.95 bits per heavy atom. The summed E-state index contributed by atoms with van der Waals surface area (Å²) in [6.45, 7) is -0.183. The van der Waals surface area contributed by atoms with Gasteiger partial charge in [0.15, 0.2) is 11.5 Å². The Morgan fingerprint density at radius 2 is 2.20 bits per heavy atom. The monoisotopic (exact) mass is 270 g/mol. The third-order valence-electron chi connectivity index (χ3n) is 2.61. The van der Waals surface area contributed by atoms with Crippen LogP contribution in [0.25, 0.3) is 5.65 Å². The number of carbonyl (C=O) groups excluding carboxylic acids is 1. The molecule has 0 unspecified atom stereocenters. The highest BCUT2D eigenvalue weighted by Gasteiger charge is 2.10. The van der Waals surface area contributed by atoms with Crippen LogP contribution in [0.15, 0.2) is 47.8 Å². The number of carbonyl (C=O) groups is 1. The Labute approximate surface area is 112 Å². The van der Waals surface area contributed by atoms with Crippen molar-refractivity contribution in [3.63, 3.8) is 0 Å². The molecule has 3 rings (SSSR count). The molecule has 0 radical (unpaired) electrons. The molecule has 3 heterocycles. The second-order valence-corrected chi connectivity index (χ2v) is 4.01. The molecule has 0 saturated heterocycles. The standard InChI is InChI=1S/C12H10N6O2/c19-11(15-9-7-13-4-5-14-9)8-18-12(20)17-6-2-1-3-10(17)16-18/h1-7H,8H2,(H,14,15,19). The molecule has 100 valence electrons. The average Bonchev–Trinajstić information content (AvgIpc) is 2.77. The van der Waals surface area contributed by atoms with E-state index in [1.54, 1.807) is 24.4 Å². The van der Waals surface area contributed by atoms with E-state index in [0.717, 1.165) is 4.68 Å². The normalized spacial score (nSPS) is 10.6. The molecule has 0 aliphatic heterocycles. The molecule has 0 bridgehead atoms. The van der Waals surface area contributed by atoms with Crippen LogP contribution < -0.4 is 11.0 Å². The molecular weight excluding hydrogens is 260 g/mol. The molecule has 8 nitrogen and oxygen atoms in total. The summed E-state index contributed by atoms with van der Waals surface area (Å²) in [7, 11) is 0. The number of aromatic nitrogens is 5. The van der Waals surface area contributed by atoms with Crippen molar-refractivity contribution < 1.29 is 4.79 Å². The van der Waals surface area contributed by atoms with Gasteiger partial charge in [-0.25, -0.2) is 14.5 Å². The van der Waals surface area contributed by atoms with Crippen molar-refractivity contribution in [3.8, 4) is 0 Å². The first-order valence-corrected chi connectivity index (χ1v) is 5.84. The number of rotatable bonds is 3. The molecule has 0 spiro atoms. The van der Waals surface area contributed by atoms with Crippen molar-refractivity contribution in [1.29, 1.82) is 0 Å². The van der Waals surface area contributed by atoms with Crippen molar-refractivity contribution in [2.45, 2.75) is 6.54 Å². The van der Waals surface area contributed by atoms with Crippen LogP contribution in [-0.4, -0.2) is 30.1 Å². The van der Waals surface area contributed by atoms with Crippen LogP contribution in [0, 0.1) is 0 Å². The Bertz CT molecular complexity index is 807. The first-order valence-electron chi connectivity index (χ1n) is 5.84. The van der Waals surface area contributed by atoms with Gasteiger partial charge in [-0.3, -0.25) is 14.2 Å². The molecule has 3 aromatic heterocycles. The van der Waals surface area contributed by atoms with Crippen LogP contribution >= 0.6 is 0 Å². The largest absolute Gasteiger partial charge is 0.350 e. The third-order valence-corrected chi connectivity index (χ3v) is 2.61. The summed E-state index contributed by atoms with van der Waals surface area (Å²) in [5.74, 6) is -0.0645. The zero-order valence-electron chi connectivity index (χ0n) is 10.3. The Hall–Kier alpha value is -3.03. The number of hydrogen-bond acceptors (Lipinski definition) is 5. The van der Waals surface area contributed by atoms with Gasteiger partial charge in [-0.2, -0.15) is 0 Å². The van der Waals surface area contributed by atoms with E-state index in [-0.39, 0.29) is 12.2 Å². The molecule has 3 aromatic rings. The van der Waals surface area contributed by atoms with Crippen molar-refractivity contribution in [3.05, 3.63) is 53.5 Å². The smallest absolute Gasteiger partial charge is 0.308 e. The molecule has 8 heteroatoms. The van der Waals surface area contributed by atoms with Crippen molar-refractivity contribution >= 4 is 17.4 Å². The van der Waals surface area contributed by atoms with Crippen molar-refractivity contribution in [2.75, 3.05) is 5.32 Å². The second-order valence-electron chi connectivity index (χ2n) is 4.01. The maximum absolute atomic E-state index is 12.0. The first kappa shape index (κ1) is 12.0. The number of hydrogen-bond donors (Lipinski definition) is 1.